The average molecular weight is 294 g/mol. The number of furan rings is 1. The molecule has 108 valence electrons. The zero-order chi connectivity index (χ0) is 14.9. The molecule has 2 rings (SSSR count). The monoisotopic (exact) mass is 294 g/mol. The first-order chi connectivity index (χ1) is 9.42. The number of nitrogens with zero attached hydrogens (tertiary/aromatic N) is 1. The van der Waals surface area contributed by atoms with Crippen LogP contribution in [0.15, 0.2) is 10.5 Å². The van der Waals surface area contributed by atoms with Crippen LogP contribution in [0.2, 0.25) is 0 Å². The molecule has 0 aliphatic rings. The van der Waals surface area contributed by atoms with E-state index in [-0.39, 0.29) is 6.04 Å². The molecule has 1 unspecified atom stereocenters. The number of aromatic nitrogens is 1. The molecule has 20 heavy (non-hydrogen) atoms. The van der Waals surface area contributed by atoms with Crippen molar-refractivity contribution in [3.8, 4) is 0 Å². The standard InChI is InChI=1S/C14H18N2O3S/c1-7-6-11(9(3)19-7)8(2)15-14-16-12(10(4)20-14)13(17)18-5/h6,8H,1-5H3,(H,15,16). The Morgan fingerprint density at radius 1 is 1.45 bits per heavy atom. The largest absolute Gasteiger partial charge is 0.466 e. The summed E-state index contributed by atoms with van der Waals surface area (Å²) in [5.41, 5.74) is 1.46. The lowest BCUT2D eigenvalue weighted by atomic mass is 10.1. The number of carbonyl (C=O) groups excluding carboxylic acids is 1. The normalized spacial score (nSPS) is 12.2. The number of nitrogens with one attached hydrogen (secondary N) is 1. The van der Waals surface area contributed by atoms with Gasteiger partial charge in [0.2, 0.25) is 0 Å². The Labute approximate surface area is 122 Å². The van der Waals surface area contributed by atoms with Crippen molar-refractivity contribution in [3.05, 3.63) is 33.7 Å². The molecular weight excluding hydrogens is 276 g/mol. The number of ether oxygens (including phenoxy) is 1. The van der Waals surface area contributed by atoms with Crippen LogP contribution in [-0.2, 0) is 4.74 Å². The first-order valence-electron chi connectivity index (χ1n) is 6.31. The molecule has 2 aromatic heterocycles. The van der Waals surface area contributed by atoms with E-state index in [0.717, 1.165) is 22.0 Å². The molecule has 0 amide bonds. The van der Waals surface area contributed by atoms with Gasteiger partial charge < -0.3 is 14.5 Å². The Morgan fingerprint density at radius 3 is 2.70 bits per heavy atom. The molecule has 2 aromatic rings. The maximum atomic E-state index is 11.5. The highest BCUT2D eigenvalue weighted by atomic mass is 32.1. The van der Waals surface area contributed by atoms with E-state index in [1.54, 1.807) is 0 Å². The van der Waals surface area contributed by atoms with Crippen LogP contribution in [0.1, 0.15) is 45.4 Å². The minimum Gasteiger partial charge on any atom is -0.466 e. The number of anilines is 1. The number of esters is 1. The minimum atomic E-state index is -0.408. The Kier molecular flexibility index (Phi) is 4.13. The summed E-state index contributed by atoms with van der Waals surface area (Å²) in [4.78, 5) is 16.7. The number of hydrogen-bond acceptors (Lipinski definition) is 6. The third-order valence-electron chi connectivity index (χ3n) is 3.06. The van der Waals surface area contributed by atoms with Crippen molar-refractivity contribution in [3.63, 3.8) is 0 Å². The first-order valence-corrected chi connectivity index (χ1v) is 7.13. The number of hydrogen-bond donors (Lipinski definition) is 1. The van der Waals surface area contributed by atoms with Crippen LogP contribution >= 0.6 is 11.3 Å². The van der Waals surface area contributed by atoms with Gasteiger partial charge in [-0.2, -0.15) is 0 Å². The molecule has 5 nitrogen and oxygen atoms in total. The molecule has 0 saturated heterocycles. The lowest BCUT2D eigenvalue weighted by molar-refractivity contribution is 0.0594. The minimum absolute atomic E-state index is 0.0588. The highest BCUT2D eigenvalue weighted by Crippen LogP contribution is 2.28. The number of carbonyl (C=O) groups is 1. The van der Waals surface area contributed by atoms with Crippen molar-refractivity contribution in [1.82, 2.24) is 4.98 Å². The second-order valence-electron chi connectivity index (χ2n) is 4.65. The molecule has 1 N–H and O–H groups in total. The number of methoxy groups -OCH3 is 1. The maximum absolute atomic E-state index is 11.5. The van der Waals surface area contributed by atoms with E-state index < -0.39 is 5.97 Å². The summed E-state index contributed by atoms with van der Waals surface area (Å²) in [7, 11) is 1.36. The Bertz CT molecular complexity index is 630. The highest BCUT2D eigenvalue weighted by Gasteiger charge is 2.18. The van der Waals surface area contributed by atoms with Crippen LogP contribution in [0.5, 0.6) is 0 Å². The van der Waals surface area contributed by atoms with Crippen molar-refractivity contribution in [2.45, 2.75) is 33.7 Å². The molecule has 0 bridgehead atoms. The third kappa shape index (κ3) is 2.85. The molecule has 2 heterocycles. The second-order valence-corrected chi connectivity index (χ2v) is 5.85. The topological polar surface area (TPSA) is 64.4 Å². The Hall–Kier alpha value is -1.82. The van der Waals surface area contributed by atoms with E-state index in [4.69, 9.17) is 9.15 Å². The van der Waals surface area contributed by atoms with Crippen molar-refractivity contribution in [1.29, 1.82) is 0 Å². The summed E-state index contributed by atoms with van der Waals surface area (Å²) < 4.78 is 10.2. The van der Waals surface area contributed by atoms with Crippen LogP contribution in [-0.4, -0.2) is 18.1 Å². The number of rotatable bonds is 4. The van der Waals surface area contributed by atoms with E-state index in [2.05, 4.69) is 10.3 Å². The van der Waals surface area contributed by atoms with Crippen LogP contribution in [0, 0.1) is 20.8 Å². The van der Waals surface area contributed by atoms with Gasteiger partial charge in [0.05, 0.1) is 13.2 Å². The summed E-state index contributed by atoms with van der Waals surface area (Å²) in [6.45, 7) is 7.75. The van der Waals surface area contributed by atoms with E-state index in [9.17, 15) is 4.79 Å². The third-order valence-corrected chi connectivity index (χ3v) is 3.96. The number of thiazole rings is 1. The lowest BCUT2D eigenvalue weighted by Crippen LogP contribution is -2.08. The van der Waals surface area contributed by atoms with Crippen LogP contribution in [0.3, 0.4) is 0 Å². The smallest absolute Gasteiger partial charge is 0.357 e. The molecular formula is C14H18N2O3S. The van der Waals surface area contributed by atoms with Crippen molar-refractivity contribution in [2.24, 2.45) is 0 Å². The molecule has 0 radical (unpaired) electrons. The molecule has 0 saturated carbocycles. The molecule has 0 aliphatic heterocycles. The lowest BCUT2D eigenvalue weighted by Gasteiger charge is -2.11. The molecule has 0 aliphatic carbocycles. The van der Waals surface area contributed by atoms with Crippen molar-refractivity contribution in [2.75, 3.05) is 12.4 Å². The highest BCUT2D eigenvalue weighted by molar-refractivity contribution is 7.15. The fourth-order valence-corrected chi connectivity index (χ4v) is 2.98. The van der Waals surface area contributed by atoms with Crippen LogP contribution < -0.4 is 5.32 Å². The molecule has 1 atom stereocenters. The summed E-state index contributed by atoms with van der Waals surface area (Å²) in [5.74, 6) is 1.37. The van der Waals surface area contributed by atoms with Gasteiger partial charge in [0, 0.05) is 10.4 Å². The van der Waals surface area contributed by atoms with E-state index >= 15 is 0 Å². The zero-order valence-corrected chi connectivity index (χ0v) is 13.1. The Morgan fingerprint density at radius 2 is 2.15 bits per heavy atom. The second kappa shape index (κ2) is 5.66. The quantitative estimate of drug-likeness (QED) is 0.872. The predicted octanol–water partition coefficient (Wildman–Crippen LogP) is 3.62. The van der Waals surface area contributed by atoms with Gasteiger partial charge in [-0.1, -0.05) is 0 Å². The van der Waals surface area contributed by atoms with Gasteiger partial charge in [0.1, 0.15) is 11.5 Å². The van der Waals surface area contributed by atoms with Gasteiger partial charge in [-0.05, 0) is 33.8 Å². The van der Waals surface area contributed by atoms with Crippen molar-refractivity contribution >= 4 is 22.4 Å². The van der Waals surface area contributed by atoms with Gasteiger partial charge in [-0.15, -0.1) is 11.3 Å². The summed E-state index contributed by atoms with van der Waals surface area (Å²) >= 11 is 1.44. The van der Waals surface area contributed by atoms with E-state index in [1.807, 2.05) is 33.8 Å². The molecule has 0 spiro atoms. The zero-order valence-electron chi connectivity index (χ0n) is 12.2. The van der Waals surface area contributed by atoms with Crippen LogP contribution in [0.4, 0.5) is 5.13 Å². The fraction of sp³-hybridized carbons (Fsp3) is 0.429. The van der Waals surface area contributed by atoms with Gasteiger partial charge in [-0.25, -0.2) is 9.78 Å². The summed E-state index contributed by atoms with van der Waals surface area (Å²) in [5, 5.41) is 3.99. The fourth-order valence-electron chi connectivity index (χ4n) is 2.09. The predicted molar refractivity (Wildman–Crippen MR) is 78.4 cm³/mol. The first kappa shape index (κ1) is 14.6. The summed E-state index contributed by atoms with van der Waals surface area (Å²) in [6, 6.07) is 2.07. The SMILES string of the molecule is COC(=O)c1nc(NC(C)c2cc(C)oc2C)sc1C. The Balaban J connectivity index is 2.18. The number of aryl methyl sites for hydroxylation is 3. The van der Waals surface area contributed by atoms with Gasteiger partial charge in [-0.3, -0.25) is 0 Å². The van der Waals surface area contributed by atoms with Crippen molar-refractivity contribution < 1.29 is 13.9 Å². The van der Waals surface area contributed by atoms with Gasteiger partial charge >= 0.3 is 5.97 Å². The van der Waals surface area contributed by atoms with E-state index in [1.165, 1.54) is 18.4 Å². The molecule has 0 aromatic carbocycles. The van der Waals surface area contributed by atoms with Gasteiger partial charge in [0.15, 0.2) is 10.8 Å². The average Bonchev–Trinajstić information content (AvgIpc) is 2.91. The molecule has 6 heteroatoms. The molecule has 0 fully saturated rings. The van der Waals surface area contributed by atoms with E-state index in [0.29, 0.717) is 10.8 Å². The van der Waals surface area contributed by atoms with Crippen LogP contribution in [0.25, 0.3) is 0 Å². The van der Waals surface area contributed by atoms with Gasteiger partial charge in [0.25, 0.3) is 0 Å². The summed E-state index contributed by atoms with van der Waals surface area (Å²) in [6.07, 6.45) is 0. The maximum Gasteiger partial charge on any atom is 0.357 e.